The van der Waals surface area contributed by atoms with Crippen LogP contribution in [-0.4, -0.2) is 37.5 Å². The molecule has 3 heterocycles. The minimum Gasteiger partial charge on any atom is -0.493 e. The van der Waals surface area contributed by atoms with E-state index >= 15 is 0 Å². The Balaban J connectivity index is 1.36. The van der Waals surface area contributed by atoms with E-state index in [0.29, 0.717) is 28.1 Å². The molecule has 7 nitrogen and oxygen atoms in total. The highest BCUT2D eigenvalue weighted by Crippen LogP contribution is 2.50. The zero-order valence-electron chi connectivity index (χ0n) is 24.8. The van der Waals surface area contributed by atoms with Gasteiger partial charge in [0.25, 0.3) is 11.8 Å². The van der Waals surface area contributed by atoms with Crippen molar-refractivity contribution in [2.75, 3.05) is 29.5 Å². The Kier molecular flexibility index (Phi) is 7.75. The van der Waals surface area contributed by atoms with Crippen LogP contribution in [0.1, 0.15) is 59.4 Å². The molecule has 0 radical (unpaired) electrons. The average molecular weight is 663 g/mol. The molecule has 226 valence electrons. The summed E-state index contributed by atoms with van der Waals surface area (Å²) in [7, 11) is 0. The first-order chi connectivity index (χ1) is 21.9. The Morgan fingerprint density at radius 2 is 1.44 bits per heavy atom. The quantitative estimate of drug-likeness (QED) is 0.172. The number of rotatable bonds is 6. The van der Waals surface area contributed by atoms with Crippen molar-refractivity contribution < 1.29 is 19.1 Å². The Morgan fingerprint density at radius 1 is 0.844 bits per heavy atom. The number of imide groups is 2. The number of halogens is 1. The first kappa shape index (κ1) is 29.0. The molecule has 4 aromatic carbocycles. The molecule has 7 rings (SSSR count). The molecule has 1 saturated heterocycles. The lowest BCUT2D eigenvalue weighted by Gasteiger charge is -2.44. The lowest BCUT2D eigenvalue weighted by molar-refractivity contribution is -0.122. The molecule has 3 aliphatic rings. The van der Waals surface area contributed by atoms with E-state index in [4.69, 9.17) is 4.74 Å². The number of urea groups is 1. The average Bonchev–Trinajstić information content (AvgIpc) is 3.05. The van der Waals surface area contributed by atoms with E-state index in [9.17, 15) is 14.4 Å². The van der Waals surface area contributed by atoms with Gasteiger partial charge in [-0.3, -0.25) is 14.9 Å². The number of carbonyl (C=O) groups excluding carboxylic acids is 3. The summed E-state index contributed by atoms with van der Waals surface area (Å²) >= 11 is 3.50. The fourth-order valence-corrected chi connectivity index (χ4v) is 7.42. The van der Waals surface area contributed by atoms with Crippen molar-refractivity contribution in [3.05, 3.63) is 129 Å². The van der Waals surface area contributed by atoms with E-state index in [1.54, 1.807) is 18.2 Å². The molecule has 0 bridgehead atoms. The highest BCUT2D eigenvalue weighted by molar-refractivity contribution is 9.10. The second kappa shape index (κ2) is 12.0. The summed E-state index contributed by atoms with van der Waals surface area (Å²) in [6, 6.07) is 29.3. The van der Waals surface area contributed by atoms with Gasteiger partial charge in [-0.05, 0) is 93.9 Å². The summed E-state index contributed by atoms with van der Waals surface area (Å²) in [5, 5.41) is 2.41. The van der Waals surface area contributed by atoms with Crippen molar-refractivity contribution in [3.63, 3.8) is 0 Å². The molecule has 0 aliphatic carbocycles. The summed E-state index contributed by atoms with van der Waals surface area (Å²) < 4.78 is 6.30. The number of amides is 4. The van der Waals surface area contributed by atoms with E-state index in [-0.39, 0.29) is 17.4 Å². The Labute approximate surface area is 270 Å². The maximum Gasteiger partial charge on any atom is 0.335 e. The number of hydrogen-bond acceptors (Lipinski definition) is 5. The molecular formula is C37H32BrN3O4. The summed E-state index contributed by atoms with van der Waals surface area (Å²) in [4.78, 5) is 44.1. The van der Waals surface area contributed by atoms with Crippen LogP contribution in [0.25, 0.3) is 6.08 Å². The third kappa shape index (κ3) is 5.33. The molecule has 0 aromatic heterocycles. The molecule has 3 aliphatic heterocycles. The summed E-state index contributed by atoms with van der Waals surface area (Å²) in [6.07, 6.45) is 3.36. The van der Waals surface area contributed by atoms with E-state index in [1.165, 1.54) is 22.9 Å². The highest BCUT2D eigenvalue weighted by atomic mass is 79.9. The maximum absolute atomic E-state index is 14.1. The predicted molar refractivity (Wildman–Crippen MR) is 179 cm³/mol. The van der Waals surface area contributed by atoms with Crippen molar-refractivity contribution in [2.45, 2.75) is 31.6 Å². The van der Waals surface area contributed by atoms with E-state index in [0.717, 1.165) is 42.0 Å². The minimum atomic E-state index is -0.752. The van der Waals surface area contributed by atoms with Crippen molar-refractivity contribution in [1.29, 1.82) is 0 Å². The zero-order chi connectivity index (χ0) is 31.1. The molecule has 45 heavy (non-hydrogen) atoms. The van der Waals surface area contributed by atoms with Gasteiger partial charge in [-0.25, -0.2) is 9.69 Å². The summed E-state index contributed by atoms with van der Waals surface area (Å²) in [5.74, 6) is -0.509. The van der Waals surface area contributed by atoms with E-state index < -0.39 is 17.8 Å². The molecule has 0 spiro atoms. The Morgan fingerprint density at radius 3 is 2.00 bits per heavy atom. The molecule has 1 N–H and O–H groups in total. The molecule has 2 atom stereocenters. The SMILES string of the molecule is CCOc1ccc(/C=C2\C(=O)NC(=O)N(c3cc4c5c(c3)[C@H](c3ccccc3)CCN5CC[C@H]4c3ccccc3)C2=O)cc1Br. The van der Waals surface area contributed by atoms with Crippen LogP contribution in [0.3, 0.4) is 0 Å². The van der Waals surface area contributed by atoms with Gasteiger partial charge in [0.1, 0.15) is 11.3 Å². The van der Waals surface area contributed by atoms with Gasteiger partial charge in [0.2, 0.25) is 0 Å². The van der Waals surface area contributed by atoms with Crippen LogP contribution in [0.5, 0.6) is 5.75 Å². The normalized spacial score (nSPS) is 20.2. The van der Waals surface area contributed by atoms with Crippen LogP contribution in [0.2, 0.25) is 0 Å². The van der Waals surface area contributed by atoms with Crippen LogP contribution in [0.15, 0.2) is 101 Å². The largest absolute Gasteiger partial charge is 0.493 e. The van der Waals surface area contributed by atoms with Crippen LogP contribution in [0.4, 0.5) is 16.2 Å². The van der Waals surface area contributed by atoms with Crippen molar-refractivity contribution >= 4 is 51.2 Å². The number of nitrogens with zero attached hydrogens (tertiary/aromatic N) is 2. The maximum atomic E-state index is 14.1. The lowest BCUT2D eigenvalue weighted by Crippen LogP contribution is -2.54. The molecular weight excluding hydrogens is 630 g/mol. The second-order valence-corrected chi connectivity index (χ2v) is 12.4. The van der Waals surface area contributed by atoms with Gasteiger partial charge >= 0.3 is 6.03 Å². The van der Waals surface area contributed by atoms with E-state index in [1.807, 2.05) is 55.5 Å². The molecule has 0 unspecified atom stereocenters. The van der Waals surface area contributed by atoms with Crippen LogP contribution >= 0.6 is 15.9 Å². The number of ether oxygens (including phenoxy) is 1. The molecule has 1 fully saturated rings. The fraction of sp³-hybridized carbons (Fsp3) is 0.216. The number of barbiturate groups is 1. The third-order valence-corrected chi connectivity index (χ3v) is 9.55. The number of carbonyl (C=O) groups is 3. The monoisotopic (exact) mass is 661 g/mol. The van der Waals surface area contributed by atoms with Crippen molar-refractivity contribution in [3.8, 4) is 5.75 Å². The molecule has 0 saturated carbocycles. The third-order valence-electron chi connectivity index (χ3n) is 8.93. The topological polar surface area (TPSA) is 79.0 Å². The standard InChI is InChI=1S/C37H32BrN3O4/c1-2-45-33-14-13-23(20-32(33)38)19-31-35(42)39-37(44)41(36(31)43)26-21-29-27(24-9-5-3-6-10-24)15-17-40-18-16-28(30(22-26)34(29)40)25-11-7-4-8-12-25/h3-14,19-22,27-28H,2,15-18H2,1H3,(H,39,42,44)/b31-19+/t27-,28-/m0/s1. The lowest BCUT2D eigenvalue weighted by atomic mass is 9.76. The minimum absolute atomic E-state index is 0.103. The van der Waals surface area contributed by atoms with Crippen LogP contribution in [-0.2, 0) is 9.59 Å². The van der Waals surface area contributed by atoms with Crippen LogP contribution in [0, 0.1) is 0 Å². The number of anilines is 2. The zero-order valence-corrected chi connectivity index (χ0v) is 26.4. The summed E-state index contributed by atoms with van der Waals surface area (Å²) in [6.45, 7) is 4.27. The van der Waals surface area contributed by atoms with Gasteiger partial charge in [-0.15, -0.1) is 0 Å². The molecule has 4 amide bonds. The fourth-order valence-electron chi connectivity index (χ4n) is 6.91. The van der Waals surface area contributed by atoms with Gasteiger partial charge in [-0.2, -0.15) is 0 Å². The predicted octanol–water partition coefficient (Wildman–Crippen LogP) is 7.39. The highest BCUT2D eigenvalue weighted by Gasteiger charge is 2.40. The van der Waals surface area contributed by atoms with Gasteiger partial charge < -0.3 is 9.64 Å². The smallest absolute Gasteiger partial charge is 0.335 e. The first-order valence-electron chi connectivity index (χ1n) is 15.3. The van der Waals surface area contributed by atoms with Gasteiger partial charge in [0.15, 0.2) is 0 Å². The van der Waals surface area contributed by atoms with Crippen molar-refractivity contribution in [2.24, 2.45) is 0 Å². The number of nitrogens with one attached hydrogen (secondary N) is 1. The molecule has 8 heteroatoms. The van der Waals surface area contributed by atoms with Gasteiger partial charge in [-0.1, -0.05) is 66.7 Å². The van der Waals surface area contributed by atoms with E-state index in [2.05, 4.69) is 50.4 Å². The van der Waals surface area contributed by atoms with Crippen molar-refractivity contribution in [1.82, 2.24) is 5.32 Å². The number of benzene rings is 4. The van der Waals surface area contributed by atoms with Gasteiger partial charge in [0.05, 0.1) is 16.8 Å². The van der Waals surface area contributed by atoms with Gasteiger partial charge in [0, 0.05) is 30.6 Å². The Bertz CT molecular complexity index is 1770. The number of hydrogen-bond donors (Lipinski definition) is 1. The second-order valence-electron chi connectivity index (χ2n) is 11.5. The Hall–Kier alpha value is -4.69. The van der Waals surface area contributed by atoms with Crippen LogP contribution < -0.4 is 19.9 Å². The molecule has 4 aromatic rings. The summed E-state index contributed by atoms with van der Waals surface area (Å²) in [5.41, 5.74) is 6.76. The first-order valence-corrected chi connectivity index (χ1v) is 16.1.